The van der Waals surface area contributed by atoms with Crippen LogP contribution in [0.2, 0.25) is 10.0 Å². The Kier molecular flexibility index (Phi) is 4.71. The Bertz CT molecular complexity index is 1200. The van der Waals surface area contributed by atoms with Crippen molar-refractivity contribution in [1.29, 1.82) is 0 Å². The molecule has 0 atom stereocenters. The van der Waals surface area contributed by atoms with Crippen molar-refractivity contribution in [3.05, 3.63) is 92.7 Å². The molecule has 0 spiro atoms. The lowest BCUT2D eigenvalue weighted by atomic mass is 10.2. The first-order valence-electron chi connectivity index (χ1n) is 8.05. The van der Waals surface area contributed by atoms with E-state index in [-0.39, 0.29) is 11.5 Å². The number of hydrogen-bond donors (Lipinski definition) is 0. The van der Waals surface area contributed by atoms with Gasteiger partial charge in [-0.2, -0.15) is 0 Å². The molecule has 4 aromatic rings. The molecule has 0 saturated carbocycles. The van der Waals surface area contributed by atoms with E-state index in [2.05, 4.69) is 15.0 Å². The molecule has 2 aromatic heterocycles. The second-order valence-electron chi connectivity index (χ2n) is 5.71. The molecule has 2 aromatic carbocycles. The quantitative estimate of drug-likeness (QED) is 0.507. The molecule has 0 saturated heterocycles. The fourth-order valence-corrected chi connectivity index (χ4v) is 2.93. The molecule has 4 rings (SSSR count). The Labute approximate surface area is 164 Å². The standard InChI is InChI=1S/C20H12Cl2N4O/c21-14-5-2-13(3-6-14)4-9-18-25-17-8-7-15(22)12-16(17)19(27)26(18)20-23-10-1-11-24-20/h1-12H/b9-4+. The third-order valence-electron chi connectivity index (χ3n) is 3.90. The van der Waals surface area contributed by atoms with Gasteiger partial charge in [-0.05, 0) is 48.0 Å². The van der Waals surface area contributed by atoms with Crippen molar-refractivity contribution in [2.45, 2.75) is 0 Å². The van der Waals surface area contributed by atoms with Gasteiger partial charge in [-0.15, -0.1) is 0 Å². The summed E-state index contributed by atoms with van der Waals surface area (Å²) in [5, 5.41) is 1.52. The lowest BCUT2D eigenvalue weighted by molar-refractivity contribution is 0.859. The third kappa shape index (κ3) is 3.60. The van der Waals surface area contributed by atoms with E-state index in [1.165, 1.54) is 4.57 Å². The number of fused-ring (bicyclic) bond motifs is 1. The van der Waals surface area contributed by atoms with Crippen LogP contribution < -0.4 is 5.56 Å². The van der Waals surface area contributed by atoms with Crippen molar-refractivity contribution < 1.29 is 0 Å². The van der Waals surface area contributed by atoms with Crippen LogP contribution in [0.4, 0.5) is 0 Å². The molecule has 0 bridgehead atoms. The van der Waals surface area contributed by atoms with Crippen LogP contribution >= 0.6 is 23.2 Å². The van der Waals surface area contributed by atoms with Crippen LogP contribution in [0.3, 0.4) is 0 Å². The summed E-state index contributed by atoms with van der Waals surface area (Å²) < 4.78 is 1.37. The number of rotatable bonds is 3. The summed E-state index contributed by atoms with van der Waals surface area (Å²) >= 11 is 12.0. The predicted molar refractivity (Wildman–Crippen MR) is 108 cm³/mol. The molecule has 7 heteroatoms. The van der Waals surface area contributed by atoms with E-state index in [0.717, 1.165) is 5.56 Å². The number of halogens is 2. The Morgan fingerprint density at radius 3 is 2.33 bits per heavy atom. The van der Waals surface area contributed by atoms with Crippen molar-refractivity contribution in [3.8, 4) is 5.95 Å². The van der Waals surface area contributed by atoms with Gasteiger partial charge in [-0.25, -0.2) is 19.5 Å². The maximum absolute atomic E-state index is 13.1. The molecule has 0 aliphatic heterocycles. The van der Waals surface area contributed by atoms with E-state index in [9.17, 15) is 4.79 Å². The SMILES string of the molecule is O=c1c2cc(Cl)ccc2nc(/C=C/c2ccc(Cl)cc2)n1-c1ncccn1. The number of benzene rings is 2. The highest BCUT2D eigenvalue weighted by molar-refractivity contribution is 6.31. The van der Waals surface area contributed by atoms with Gasteiger partial charge in [-0.3, -0.25) is 4.79 Å². The normalized spacial score (nSPS) is 11.3. The Morgan fingerprint density at radius 1 is 0.889 bits per heavy atom. The van der Waals surface area contributed by atoms with E-state index in [0.29, 0.717) is 26.8 Å². The van der Waals surface area contributed by atoms with Crippen LogP contribution in [0.5, 0.6) is 0 Å². The maximum atomic E-state index is 13.1. The van der Waals surface area contributed by atoms with Crippen LogP contribution in [-0.2, 0) is 0 Å². The summed E-state index contributed by atoms with van der Waals surface area (Å²) in [5.74, 6) is 0.656. The highest BCUT2D eigenvalue weighted by Crippen LogP contribution is 2.18. The lowest BCUT2D eigenvalue weighted by Crippen LogP contribution is -2.24. The predicted octanol–water partition coefficient (Wildman–Crippen LogP) is 4.65. The minimum Gasteiger partial charge on any atom is -0.268 e. The van der Waals surface area contributed by atoms with Gasteiger partial charge in [0.1, 0.15) is 5.82 Å². The Hall–Kier alpha value is -3.02. The average molecular weight is 395 g/mol. The summed E-state index contributed by atoms with van der Waals surface area (Å²) in [5.41, 5.74) is 1.18. The van der Waals surface area contributed by atoms with Crippen molar-refractivity contribution in [1.82, 2.24) is 19.5 Å². The van der Waals surface area contributed by atoms with Gasteiger partial charge >= 0.3 is 0 Å². The van der Waals surface area contributed by atoms with E-state index in [1.807, 2.05) is 18.2 Å². The Morgan fingerprint density at radius 2 is 1.59 bits per heavy atom. The first-order chi connectivity index (χ1) is 13.1. The molecular formula is C20H12Cl2N4O. The van der Waals surface area contributed by atoms with Crippen molar-refractivity contribution in [2.75, 3.05) is 0 Å². The van der Waals surface area contributed by atoms with Crippen LogP contribution in [-0.4, -0.2) is 19.5 Å². The van der Waals surface area contributed by atoms with E-state index in [4.69, 9.17) is 23.2 Å². The Balaban J connectivity index is 1.94. The highest BCUT2D eigenvalue weighted by Gasteiger charge is 2.13. The minimum atomic E-state index is -0.288. The topological polar surface area (TPSA) is 60.7 Å². The lowest BCUT2D eigenvalue weighted by Gasteiger charge is -2.09. The molecule has 0 radical (unpaired) electrons. The number of hydrogen-bond acceptors (Lipinski definition) is 4. The van der Waals surface area contributed by atoms with Gasteiger partial charge in [0, 0.05) is 22.4 Å². The monoisotopic (exact) mass is 394 g/mol. The van der Waals surface area contributed by atoms with Gasteiger partial charge in [-0.1, -0.05) is 41.4 Å². The van der Waals surface area contributed by atoms with Crippen LogP contribution in [0.25, 0.3) is 29.0 Å². The zero-order valence-electron chi connectivity index (χ0n) is 13.9. The van der Waals surface area contributed by atoms with Gasteiger partial charge < -0.3 is 0 Å². The van der Waals surface area contributed by atoms with Gasteiger partial charge in [0.2, 0.25) is 5.95 Å². The summed E-state index contributed by atoms with van der Waals surface area (Å²) in [6.45, 7) is 0. The second kappa shape index (κ2) is 7.31. The maximum Gasteiger partial charge on any atom is 0.268 e. The van der Waals surface area contributed by atoms with Gasteiger partial charge in [0.25, 0.3) is 5.56 Å². The largest absolute Gasteiger partial charge is 0.268 e. The van der Waals surface area contributed by atoms with E-state index < -0.39 is 0 Å². The van der Waals surface area contributed by atoms with Gasteiger partial charge in [0.05, 0.1) is 10.9 Å². The molecule has 2 heterocycles. The van der Waals surface area contributed by atoms with Crippen molar-refractivity contribution >= 4 is 46.3 Å². The van der Waals surface area contributed by atoms with Crippen LogP contribution in [0.1, 0.15) is 11.4 Å². The molecule has 0 N–H and O–H groups in total. The average Bonchev–Trinajstić information content (AvgIpc) is 2.69. The smallest absolute Gasteiger partial charge is 0.268 e. The zero-order valence-corrected chi connectivity index (χ0v) is 15.4. The molecule has 5 nitrogen and oxygen atoms in total. The highest BCUT2D eigenvalue weighted by atomic mass is 35.5. The van der Waals surface area contributed by atoms with Gasteiger partial charge in [0.15, 0.2) is 0 Å². The van der Waals surface area contributed by atoms with E-state index in [1.54, 1.807) is 54.9 Å². The zero-order chi connectivity index (χ0) is 18.8. The van der Waals surface area contributed by atoms with Crippen molar-refractivity contribution in [3.63, 3.8) is 0 Å². The number of aromatic nitrogens is 4. The van der Waals surface area contributed by atoms with Crippen LogP contribution in [0, 0.1) is 0 Å². The fourth-order valence-electron chi connectivity index (χ4n) is 2.63. The van der Waals surface area contributed by atoms with Crippen LogP contribution in [0.15, 0.2) is 65.7 Å². The molecule has 0 fully saturated rings. The summed E-state index contributed by atoms with van der Waals surface area (Å²) in [4.78, 5) is 26.1. The molecule has 0 unspecified atom stereocenters. The molecular weight excluding hydrogens is 383 g/mol. The molecule has 0 aliphatic carbocycles. The minimum absolute atomic E-state index is 0.243. The summed E-state index contributed by atoms with van der Waals surface area (Å²) in [7, 11) is 0. The second-order valence-corrected chi connectivity index (χ2v) is 6.58. The summed E-state index contributed by atoms with van der Waals surface area (Å²) in [6, 6.07) is 14.0. The first-order valence-corrected chi connectivity index (χ1v) is 8.81. The summed E-state index contributed by atoms with van der Waals surface area (Å²) in [6.07, 6.45) is 6.74. The first kappa shape index (κ1) is 17.4. The van der Waals surface area contributed by atoms with Crippen molar-refractivity contribution in [2.24, 2.45) is 0 Å². The molecule has 132 valence electrons. The molecule has 0 aliphatic rings. The fraction of sp³-hybridized carbons (Fsp3) is 0. The molecule has 27 heavy (non-hydrogen) atoms. The molecule has 0 amide bonds. The third-order valence-corrected chi connectivity index (χ3v) is 4.39. The number of nitrogens with zero attached hydrogens (tertiary/aromatic N) is 4. The van der Waals surface area contributed by atoms with E-state index >= 15 is 0 Å².